The Bertz CT molecular complexity index is 453. The van der Waals surface area contributed by atoms with Crippen LogP contribution >= 0.6 is 0 Å². The molecular weight excluding hydrogens is 240 g/mol. The number of carbonyl (C=O) groups is 1. The molecule has 4 nitrogen and oxygen atoms in total. The average molecular weight is 262 g/mol. The number of phenolic OH excluding ortho intramolecular Hbond substituents is 1. The van der Waals surface area contributed by atoms with E-state index in [2.05, 4.69) is 5.32 Å². The molecule has 1 saturated heterocycles. The topological polar surface area (TPSA) is 52.6 Å². The molecule has 0 unspecified atom stereocenters. The summed E-state index contributed by atoms with van der Waals surface area (Å²) in [5.74, 6) is 0.410. The molecule has 1 atom stereocenters. The summed E-state index contributed by atoms with van der Waals surface area (Å²) in [5.41, 5.74) is 1.83. The first-order valence-corrected chi connectivity index (χ1v) is 6.95. The maximum Gasteiger partial charge on any atom is 0.231 e. The van der Waals surface area contributed by atoms with Crippen molar-refractivity contribution in [2.24, 2.45) is 5.92 Å². The zero-order chi connectivity index (χ0) is 13.8. The highest BCUT2D eigenvalue weighted by Gasteiger charge is 2.26. The minimum atomic E-state index is 0.0513. The maximum absolute atomic E-state index is 12.6. The Balaban J connectivity index is 2.23. The number of hydrogen-bond donors (Lipinski definition) is 2. The third-order valence-corrected chi connectivity index (χ3v) is 3.71. The zero-order valence-corrected chi connectivity index (χ0v) is 11.6. The molecule has 1 aromatic rings. The molecule has 0 spiro atoms. The largest absolute Gasteiger partial charge is 0.508 e. The van der Waals surface area contributed by atoms with E-state index in [1.165, 1.54) is 0 Å². The van der Waals surface area contributed by atoms with E-state index >= 15 is 0 Å². The molecule has 0 bridgehead atoms. The first kappa shape index (κ1) is 13.9. The summed E-state index contributed by atoms with van der Waals surface area (Å²) in [4.78, 5) is 14.4. The van der Waals surface area contributed by atoms with Crippen LogP contribution in [0.4, 0.5) is 5.69 Å². The quantitative estimate of drug-likeness (QED) is 0.876. The molecule has 2 rings (SSSR count). The number of aryl methyl sites for hydroxylation is 1. The van der Waals surface area contributed by atoms with Gasteiger partial charge in [-0.05, 0) is 44.9 Å². The van der Waals surface area contributed by atoms with Gasteiger partial charge < -0.3 is 15.3 Å². The Morgan fingerprint density at radius 2 is 2.32 bits per heavy atom. The first-order valence-electron chi connectivity index (χ1n) is 6.95. The van der Waals surface area contributed by atoms with Crippen LogP contribution in [0.3, 0.4) is 0 Å². The zero-order valence-electron chi connectivity index (χ0n) is 11.6. The van der Waals surface area contributed by atoms with Crippen molar-refractivity contribution in [1.29, 1.82) is 0 Å². The number of benzene rings is 1. The Hall–Kier alpha value is -1.55. The predicted octanol–water partition coefficient (Wildman–Crippen LogP) is 2.05. The molecular formula is C15H22N2O2. The van der Waals surface area contributed by atoms with Gasteiger partial charge in [-0.15, -0.1) is 0 Å². The number of aromatic hydroxyl groups is 1. The minimum Gasteiger partial charge on any atom is -0.508 e. The lowest BCUT2D eigenvalue weighted by Crippen LogP contribution is -2.43. The molecule has 0 aromatic heterocycles. The van der Waals surface area contributed by atoms with Crippen molar-refractivity contribution in [3.63, 3.8) is 0 Å². The van der Waals surface area contributed by atoms with Crippen molar-refractivity contribution < 1.29 is 9.90 Å². The molecule has 104 valence electrons. The van der Waals surface area contributed by atoms with E-state index in [1.54, 1.807) is 17.0 Å². The van der Waals surface area contributed by atoms with Crippen LogP contribution in [0.1, 0.15) is 25.3 Å². The summed E-state index contributed by atoms with van der Waals surface area (Å²) in [6, 6.07) is 5.17. The maximum atomic E-state index is 12.6. The molecule has 2 N–H and O–H groups in total. The molecule has 0 radical (unpaired) electrons. The Morgan fingerprint density at radius 3 is 2.95 bits per heavy atom. The summed E-state index contributed by atoms with van der Waals surface area (Å²) in [6.07, 6.45) is 1.99. The number of piperidine rings is 1. The molecule has 19 heavy (non-hydrogen) atoms. The van der Waals surface area contributed by atoms with Crippen molar-refractivity contribution in [1.82, 2.24) is 5.32 Å². The van der Waals surface area contributed by atoms with Crippen molar-refractivity contribution in [2.75, 3.05) is 24.5 Å². The van der Waals surface area contributed by atoms with Gasteiger partial charge in [-0.3, -0.25) is 4.79 Å². The van der Waals surface area contributed by atoms with Crippen LogP contribution in [0.15, 0.2) is 18.2 Å². The fourth-order valence-corrected chi connectivity index (χ4v) is 2.62. The number of anilines is 1. The van der Waals surface area contributed by atoms with Gasteiger partial charge >= 0.3 is 0 Å². The molecule has 1 heterocycles. The lowest BCUT2D eigenvalue weighted by molar-refractivity contribution is -0.122. The molecule has 1 aromatic carbocycles. The normalized spacial score (nSPS) is 19.2. The fourth-order valence-electron chi connectivity index (χ4n) is 2.62. The second kappa shape index (κ2) is 6.06. The third kappa shape index (κ3) is 3.07. The van der Waals surface area contributed by atoms with E-state index < -0.39 is 0 Å². The fraction of sp³-hybridized carbons (Fsp3) is 0.533. The van der Waals surface area contributed by atoms with Crippen LogP contribution in [0, 0.1) is 12.8 Å². The van der Waals surface area contributed by atoms with Crippen LogP contribution in [-0.4, -0.2) is 30.6 Å². The molecule has 1 aliphatic heterocycles. The average Bonchev–Trinajstić information content (AvgIpc) is 2.44. The van der Waals surface area contributed by atoms with Crippen molar-refractivity contribution in [3.8, 4) is 5.75 Å². The number of nitrogens with zero attached hydrogens (tertiary/aromatic N) is 1. The van der Waals surface area contributed by atoms with Crippen LogP contribution < -0.4 is 10.2 Å². The van der Waals surface area contributed by atoms with Crippen molar-refractivity contribution >= 4 is 11.6 Å². The smallest absolute Gasteiger partial charge is 0.231 e. The molecule has 0 saturated carbocycles. The van der Waals surface area contributed by atoms with Gasteiger partial charge in [-0.25, -0.2) is 0 Å². The van der Waals surface area contributed by atoms with Gasteiger partial charge in [0.1, 0.15) is 5.75 Å². The van der Waals surface area contributed by atoms with E-state index in [9.17, 15) is 9.90 Å². The number of rotatable bonds is 3. The van der Waals surface area contributed by atoms with E-state index in [0.29, 0.717) is 6.54 Å². The molecule has 1 aliphatic rings. The standard InChI is InChI=1S/C15H22N2O2/c1-3-17(14-9-13(18)7-6-11(14)2)15(19)12-5-4-8-16-10-12/h6-7,9,12,16,18H,3-5,8,10H2,1-2H3/t12-/m1/s1. The van der Waals surface area contributed by atoms with Crippen LogP contribution in [0.2, 0.25) is 0 Å². The summed E-state index contributed by atoms with van der Waals surface area (Å²) in [6.45, 7) is 6.31. The van der Waals surface area contributed by atoms with E-state index in [4.69, 9.17) is 0 Å². The summed E-state index contributed by atoms with van der Waals surface area (Å²) in [7, 11) is 0. The van der Waals surface area contributed by atoms with Crippen LogP contribution in [-0.2, 0) is 4.79 Å². The van der Waals surface area contributed by atoms with Crippen molar-refractivity contribution in [3.05, 3.63) is 23.8 Å². The Kier molecular flexibility index (Phi) is 4.43. The van der Waals surface area contributed by atoms with E-state index in [1.807, 2.05) is 19.9 Å². The van der Waals surface area contributed by atoms with Crippen molar-refractivity contribution in [2.45, 2.75) is 26.7 Å². The number of carbonyl (C=O) groups excluding carboxylic acids is 1. The van der Waals surface area contributed by atoms with Gasteiger partial charge in [-0.2, -0.15) is 0 Å². The first-order chi connectivity index (χ1) is 9.13. The molecule has 4 heteroatoms. The highest BCUT2D eigenvalue weighted by Crippen LogP contribution is 2.27. The lowest BCUT2D eigenvalue weighted by atomic mass is 9.97. The van der Waals surface area contributed by atoms with Gasteiger partial charge in [0.15, 0.2) is 0 Å². The SMILES string of the molecule is CCN(C(=O)[C@@H]1CCCNC1)c1cc(O)ccc1C. The molecule has 1 fully saturated rings. The lowest BCUT2D eigenvalue weighted by Gasteiger charge is -2.30. The second-order valence-corrected chi connectivity index (χ2v) is 5.10. The van der Waals surface area contributed by atoms with Gasteiger partial charge in [-0.1, -0.05) is 6.07 Å². The highest BCUT2D eigenvalue weighted by molar-refractivity contribution is 5.96. The monoisotopic (exact) mass is 262 g/mol. The van der Waals surface area contributed by atoms with E-state index in [0.717, 1.165) is 37.2 Å². The molecule has 1 amide bonds. The van der Waals surface area contributed by atoms with Gasteiger partial charge in [0, 0.05) is 19.2 Å². The number of amides is 1. The second-order valence-electron chi connectivity index (χ2n) is 5.10. The Labute approximate surface area is 114 Å². The van der Waals surface area contributed by atoms with Crippen LogP contribution in [0.5, 0.6) is 5.75 Å². The molecule has 0 aliphatic carbocycles. The predicted molar refractivity (Wildman–Crippen MR) is 76.5 cm³/mol. The summed E-state index contributed by atoms with van der Waals surface area (Å²) >= 11 is 0. The minimum absolute atomic E-state index is 0.0513. The van der Waals surface area contributed by atoms with Gasteiger partial charge in [0.2, 0.25) is 5.91 Å². The summed E-state index contributed by atoms with van der Waals surface area (Å²) < 4.78 is 0. The van der Waals surface area contributed by atoms with Crippen LogP contribution in [0.25, 0.3) is 0 Å². The third-order valence-electron chi connectivity index (χ3n) is 3.71. The van der Waals surface area contributed by atoms with Gasteiger partial charge in [0.25, 0.3) is 0 Å². The summed E-state index contributed by atoms with van der Waals surface area (Å²) in [5, 5.41) is 12.9. The number of hydrogen-bond acceptors (Lipinski definition) is 3. The highest BCUT2D eigenvalue weighted by atomic mass is 16.3. The number of nitrogens with one attached hydrogen (secondary N) is 1. The van der Waals surface area contributed by atoms with E-state index in [-0.39, 0.29) is 17.6 Å². The van der Waals surface area contributed by atoms with Gasteiger partial charge in [0.05, 0.1) is 11.6 Å². The number of phenols is 1. The Morgan fingerprint density at radius 1 is 1.53 bits per heavy atom.